The van der Waals surface area contributed by atoms with Crippen molar-refractivity contribution in [3.63, 3.8) is 0 Å². The van der Waals surface area contributed by atoms with Crippen LogP contribution in [0.25, 0.3) is 0 Å². The molecule has 1 aromatic rings. The van der Waals surface area contributed by atoms with E-state index in [0.717, 1.165) is 11.4 Å². The molecule has 2 rings (SSSR count). The molecule has 0 spiro atoms. The van der Waals surface area contributed by atoms with Crippen LogP contribution in [0.5, 0.6) is 0 Å². The molecule has 2 nitrogen and oxygen atoms in total. The lowest BCUT2D eigenvalue weighted by atomic mass is 9.94. The van der Waals surface area contributed by atoms with Gasteiger partial charge in [-0.05, 0) is 25.7 Å². The van der Waals surface area contributed by atoms with E-state index in [1.165, 1.54) is 0 Å². The molecular weight excluding hydrogens is 205 g/mol. The Morgan fingerprint density at radius 1 is 1.53 bits per heavy atom. The molecule has 0 amide bonds. The normalized spacial score (nSPS) is 21.5. The molecule has 0 aliphatic carbocycles. The van der Waals surface area contributed by atoms with E-state index in [9.17, 15) is 13.2 Å². The Morgan fingerprint density at radius 3 is 2.93 bits per heavy atom. The first kappa shape index (κ1) is 10.5. The number of alkyl halides is 3. The van der Waals surface area contributed by atoms with Crippen LogP contribution in [0, 0.1) is 12.8 Å². The van der Waals surface area contributed by atoms with Crippen molar-refractivity contribution in [2.75, 3.05) is 0 Å². The van der Waals surface area contributed by atoms with Crippen molar-refractivity contribution in [2.24, 2.45) is 5.92 Å². The lowest BCUT2D eigenvalue weighted by Crippen LogP contribution is -2.24. The molecule has 0 saturated heterocycles. The Morgan fingerprint density at radius 2 is 2.27 bits per heavy atom. The van der Waals surface area contributed by atoms with Crippen LogP contribution in [0.2, 0.25) is 0 Å². The van der Waals surface area contributed by atoms with E-state index in [0.29, 0.717) is 19.4 Å². The Hall–Kier alpha value is -1.00. The summed E-state index contributed by atoms with van der Waals surface area (Å²) in [5, 5.41) is 0. The summed E-state index contributed by atoms with van der Waals surface area (Å²) in [6, 6.07) is 0. The zero-order valence-corrected chi connectivity index (χ0v) is 8.51. The van der Waals surface area contributed by atoms with Crippen LogP contribution < -0.4 is 0 Å². The minimum absolute atomic E-state index is 0.286. The first-order valence-electron chi connectivity index (χ1n) is 5.03. The number of imidazole rings is 1. The Labute approximate surface area is 86.1 Å². The summed E-state index contributed by atoms with van der Waals surface area (Å²) in [6.45, 7) is 2.35. The second-order valence-corrected chi connectivity index (χ2v) is 4.15. The lowest BCUT2D eigenvalue weighted by Gasteiger charge is -2.25. The van der Waals surface area contributed by atoms with Gasteiger partial charge in [-0.15, -0.1) is 0 Å². The van der Waals surface area contributed by atoms with Crippen molar-refractivity contribution in [2.45, 2.75) is 38.9 Å². The number of nitrogens with zero attached hydrogens (tertiary/aromatic N) is 2. The van der Waals surface area contributed by atoms with Gasteiger partial charge < -0.3 is 4.57 Å². The number of fused-ring (bicyclic) bond motifs is 1. The van der Waals surface area contributed by atoms with Gasteiger partial charge in [0, 0.05) is 18.7 Å². The van der Waals surface area contributed by atoms with E-state index in [1.54, 1.807) is 6.33 Å². The number of halogens is 3. The monoisotopic (exact) mass is 218 g/mol. The second-order valence-electron chi connectivity index (χ2n) is 4.15. The molecule has 84 valence electrons. The van der Waals surface area contributed by atoms with Gasteiger partial charge in [0.15, 0.2) is 0 Å². The molecule has 0 saturated carbocycles. The molecule has 15 heavy (non-hydrogen) atoms. The van der Waals surface area contributed by atoms with E-state index < -0.39 is 12.6 Å². The molecular formula is C10H13F3N2. The Bertz CT molecular complexity index is 354. The number of rotatable bonds is 1. The van der Waals surface area contributed by atoms with Crippen molar-refractivity contribution in [3.8, 4) is 0 Å². The highest BCUT2D eigenvalue weighted by atomic mass is 19.4. The maximum Gasteiger partial charge on any atom is 0.389 e. The first-order valence-corrected chi connectivity index (χ1v) is 5.03. The number of hydrogen-bond acceptors (Lipinski definition) is 1. The Kier molecular flexibility index (Phi) is 2.48. The zero-order valence-electron chi connectivity index (χ0n) is 8.51. The molecule has 1 aliphatic rings. The molecule has 0 aromatic carbocycles. The summed E-state index contributed by atoms with van der Waals surface area (Å²) >= 11 is 0. The molecule has 5 heteroatoms. The highest BCUT2D eigenvalue weighted by Gasteiger charge is 2.33. The summed E-state index contributed by atoms with van der Waals surface area (Å²) in [4.78, 5) is 4.11. The van der Waals surface area contributed by atoms with Crippen LogP contribution in [0.4, 0.5) is 13.2 Å². The third-order valence-corrected chi connectivity index (χ3v) is 2.92. The molecule has 1 unspecified atom stereocenters. The van der Waals surface area contributed by atoms with Gasteiger partial charge in [0.25, 0.3) is 0 Å². The highest BCUT2D eigenvalue weighted by molar-refractivity contribution is 5.13. The molecule has 1 atom stereocenters. The Balaban J connectivity index is 2.06. The third-order valence-electron chi connectivity index (χ3n) is 2.92. The molecule has 1 aliphatic heterocycles. The summed E-state index contributed by atoms with van der Waals surface area (Å²) in [7, 11) is 0. The van der Waals surface area contributed by atoms with Crippen molar-refractivity contribution < 1.29 is 13.2 Å². The maximum absolute atomic E-state index is 12.2. The van der Waals surface area contributed by atoms with Crippen molar-refractivity contribution in [1.82, 2.24) is 9.55 Å². The van der Waals surface area contributed by atoms with E-state index in [1.807, 2.05) is 11.5 Å². The average Bonchev–Trinajstić information content (AvgIpc) is 2.45. The zero-order chi connectivity index (χ0) is 11.1. The standard InChI is InChI=1S/C10H13F3N2/c1-7-9-3-2-8(4-10(11,12)13)5-15(9)6-14-7/h6,8H,2-5H2,1H3. The van der Waals surface area contributed by atoms with Crippen LogP contribution in [0.3, 0.4) is 0 Å². The number of aryl methyl sites for hydroxylation is 1. The van der Waals surface area contributed by atoms with E-state index in [4.69, 9.17) is 0 Å². The highest BCUT2D eigenvalue weighted by Crippen LogP contribution is 2.31. The summed E-state index contributed by atoms with van der Waals surface area (Å²) < 4.78 is 38.4. The second kappa shape index (κ2) is 3.54. The van der Waals surface area contributed by atoms with Gasteiger partial charge in [0.1, 0.15) is 0 Å². The van der Waals surface area contributed by atoms with Crippen molar-refractivity contribution in [1.29, 1.82) is 0 Å². The fourth-order valence-electron chi connectivity index (χ4n) is 2.19. The van der Waals surface area contributed by atoms with Gasteiger partial charge in [-0.1, -0.05) is 0 Å². The van der Waals surface area contributed by atoms with Crippen LogP contribution >= 0.6 is 0 Å². The van der Waals surface area contributed by atoms with Crippen LogP contribution in [-0.4, -0.2) is 15.7 Å². The summed E-state index contributed by atoms with van der Waals surface area (Å²) in [5.74, 6) is -0.286. The summed E-state index contributed by atoms with van der Waals surface area (Å²) in [6.07, 6.45) is -1.74. The fraction of sp³-hybridized carbons (Fsp3) is 0.700. The number of hydrogen-bond donors (Lipinski definition) is 0. The SMILES string of the molecule is Cc1ncn2c1CCC(CC(F)(F)F)C2. The predicted octanol–water partition coefficient (Wildman–Crippen LogP) is 2.71. The first-order chi connectivity index (χ1) is 6.96. The van der Waals surface area contributed by atoms with Gasteiger partial charge >= 0.3 is 6.18 Å². The van der Waals surface area contributed by atoms with E-state index >= 15 is 0 Å². The largest absolute Gasteiger partial charge is 0.389 e. The topological polar surface area (TPSA) is 17.8 Å². The van der Waals surface area contributed by atoms with Gasteiger partial charge in [0.2, 0.25) is 0 Å². The van der Waals surface area contributed by atoms with Gasteiger partial charge in [-0.3, -0.25) is 0 Å². The minimum Gasteiger partial charge on any atom is -0.334 e. The molecule has 0 bridgehead atoms. The number of aromatic nitrogens is 2. The van der Waals surface area contributed by atoms with E-state index in [2.05, 4.69) is 4.98 Å². The van der Waals surface area contributed by atoms with Crippen molar-refractivity contribution >= 4 is 0 Å². The van der Waals surface area contributed by atoms with Crippen LogP contribution in [0.1, 0.15) is 24.2 Å². The maximum atomic E-state index is 12.2. The average molecular weight is 218 g/mol. The molecule has 2 heterocycles. The fourth-order valence-corrected chi connectivity index (χ4v) is 2.19. The predicted molar refractivity (Wildman–Crippen MR) is 49.4 cm³/mol. The third kappa shape index (κ3) is 2.33. The van der Waals surface area contributed by atoms with Crippen LogP contribution in [-0.2, 0) is 13.0 Å². The van der Waals surface area contributed by atoms with Crippen molar-refractivity contribution in [3.05, 3.63) is 17.7 Å². The minimum atomic E-state index is -4.04. The van der Waals surface area contributed by atoms with Gasteiger partial charge in [-0.2, -0.15) is 13.2 Å². The smallest absolute Gasteiger partial charge is 0.334 e. The van der Waals surface area contributed by atoms with Gasteiger partial charge in [-0.25, -0.2) is 4.98 Å². The molecule has 1 aromatic heterocycles. The lowest BCUT2D eigenvalue weighted by molar-refractivity contribution is -0.146. The van der Waals surface area contributed by atoms with Gasteiger partial charge in [0.05, 0.1) is 12.0 Å². The van der Waals surface area contributed by atoms with Crippen LogP contribution in [0.15, 0.2) is 6.33 Å². The molecule has 0 N–H and O–H groups in total. The molecule has 0 fully saturated rings. The quantitative estimate of drug-likeness (QED) is 0.708. The summed E-state index contributed by atoms with van der Waals surface area (Å²) in [5.41, 5.74) is 2.04. The molecule has 0 radical (unpaired) electrons. The van der Waals surface area contributed by atoms with E-state index in [-0.39, 0.29) is 5.92 Å².